The van der Waals surface area contributed by atoms with Crippen LogP contribution in [0.2, 0.25) is 0 Å². The summed E-state index contributed by atoms with van der Waals surface area (Å²) in [5.74, 6) is -0.777. The number of methoxy groups -OCH3 is 2. The quantitative estimate of drug-likeness (QED) is 0.0591. The van der Waals surface area contributed by atoms with Crippen molar-refractivity contribution in [2.24, 2.45) is 0 Å². The van der Waals surface area contributed by atoms with E-state index in [1.54, 1.807) is 42.6 Å². The van der Waals surface area contributed by atoms with E-state index in [1.165, 1.54) is 68.7 Å². The van der Waals surface area contributed by atoms with Gasteiger partial charge in [-0.05, 0) is 75.5 Å². The van der Waals surface area contributed by atoms with E-state index < -0.39 is 5.60 Å². The summed E-state index contributed by atoms with van der Waals surface area (Å²) in [5, 5.41) is 19.0. The Morgan fingerprint density at radius 2 is 1.26 bits per heavy atom. The van der Waals surface area contributed by atoms with Gasteiger partial charge in [-0.2, -0.15) is 0 Å². The average Bonchev–Trinajstić information content (AvgIpc) is 4.04. The number of hydrogen-bond donors (Lipinski definition) is 5. The molecule has 348 valence electrons. The standard InChI is InChI=1S/C25H31FN4O4S2.C20H23FN4O2S2/c1-25(2,3)34-24(32)30-11-8-16-19(14-30)36-23(29-20(31)7-9-27-10-12-33-4)21(16)22-28-17-13-15(26)5-6-18(17)35-22;1-27-9-8-22-7-5-17(26)25-20-18(13-4-6-23-11-16(13)29-20)19-24-14-10-12(21)2-3-15(14)28-19/h5-6,13,27H,7-12,14H2,1-4H3,(H,29,31);2-3,10,22-23H,4-9,11H2,1H3,(H,25,26). The van der Waals surface area contributed by atoms with Gasteiger partial charge < -0.3 is 45.7 Å². The van der Waals surface area contributed by atoms with Gasteiger partial charge in [-0.1, -0.05) is 0 Å². The van der Waals surface area contributed by atoms with Crippen LogP contribution in [-0.4, -0.2) is 105 Å². The van der Waals surface area contributed by atoms with E-state index in [9.17, 15) is 23.2 Å². The highest BCUT2D eigenvalue weighted by molar-refractivity contribution is 7.23. The second-order valence-electron chi connectivity index (χ2n) is 16.3. The number of thiazole rings is 2. The molecule has 0 saturated heterocycles. The molecule has 0 atom stereocenters. The maximum Gasteiger partial charge on any atom is 0.410 e. The Hall–Kier alpha value is -4.51. The number of carbonyl (C=O) groups is 3. The molecule has 5 N–H and O–H groups in total. The van der Waals surface area contributed by atoms with Crippen molar-refractivity contribution in [2.45, 2.75) is 65.1 Å². The van der Waals surface area contributed by atoms with Crippen LogP contribution in [0.4, 0.5) is 23.6 Å². The fraction of sp³-hybridized carbons (Fsp3) is 0.444. The number of carbonyl (C=O) groups excluding carboxylic acids is 3. The predicted octanol–water partition coefficient (Wildman–Crippen LogP) is 8.40. The predicted molar refractivity (Wildman–Crippen MR) is 258 cm³/mol. The summed E-state index contributed by atoms with van der Waals surface area (Å²) < 4.78 is 44.8. The molecule has 8 rings (SSSR count). The number of anilines is 2. The molecule has 20 heteroatoms. The first-order valence-corrected chi connectivity index (χ1v) is 24.7. The molecule has 0 fully saturated rings. The van der Waals surface area contributed by atoms with E-state index >= 15 is 0 Å². The molecule has 4 aromatic heterocycles. The van der Waals surface area contributed by atoms with Crippen LogP contribution in [0.3, 0.4) is 0 Å². The molecule has 2 aliphatic rings. The van der Waals surface area contributed by atoms with Gasteiger partial charge in [0.25, 0.3) is 0 Å². The Morgan fingerprint density at radius 3 is 1.78 bits per heavy atom. The monoisotopic (exact) mass is 968 g/mol. The summed E-state index contributed by atoms with van der Waals surface area (Å²) in [5.41, 5.74) is 4.81. The molecule has 2 aromatic carbocycles. The molecule has 65 heavy (non-hydrogen) atoms. The average molecular weight is 969 g/mol. The lowest BCUT2D eigenvalue weighted by Gasteiger charge is -2.30. The number of halogens is 2. The van der Waals surface area contributed by atoms with Gasteiger partial charge in [0.05, 0.1) is 40.2 Å². The van der Waals surface area contributed by atoms with Crippen LogP contribution in [0.25, 0.3) is 41.6 Å². The first-order chi connectivity index (χ1) is 31.3. The van der Waals surface area contributed by atoms with Gasteiger partial charge in [-0.3, -0.25) is 9.59 Å². The van der Waals surface area contributed by atoms with Crippen LogP contribution in [0.15, 0.2) is 36.4 Å². The smallest absolute Gasteiger partial charge is 0.410 e. The minimum Gasteiger partial charge on any atom is -0.444 e. The summed E-state index contributed by atoms with van der Waals surface area (Å²) >= 11 is 6.06. The number of ether oxygens (including phenoxy) is 3. The van der Waals surface area contributed by atoms with Crippen molar-refractivity contribution in [2.75, 3.05) is 77.3 Å². The molecule has 6 heterocycles. The number of hydrogen-bond acceptors (Lipinski definition) is 15. The van der Waals surface area contributed by atoms with E-state index in [0.29, 0.717) is 81.2 Å². The van der Waals surface area contributed by atoms with Crippen molar-refractivity contribution in [1.82, 2.24) is 30.8 Å². The summed E-state index contributed by atoms with van der Waals surface area (Å²) in [6, 6.07) is 9.23. The highest BCUT2D eigenvalue weighted by Crippen LogP contribution is 2.47. The molecule has 0 radical (unpaired) electrons. The number of rotatable bonds is 16. The molecule has 0 unspecified atom stereocenters. The SMILES string of the molecule is COCCNCCC(=O)Nc1sc2c(c1-c1nc3cc(F)ccc3s1)CCN(C(=O)OC(C)(C)C)C2.COCCNCCC(=O)Nc1sc2c(c1-c1nc3cc(F)ccc3s1)CCNC2. The van der Waals surface area contributed by atoms with Crippen molar-refractivity contribution in [1.29, 1.82) is 0 Å². The molecule has 6 aromatic rings. The van der Waals surface area contributed by atoms with Gasteiger partial charge in [0.15, 0.2) is 0 Å². The van der Waals surface area contributed by atoms with Crippen molar-refractivity contribution in [3.63, 3.8) is 0 Å². The van der Waals surface area contributed by atoms with Crippen LogP contribution in [-0.2, 0) is 49.7 Å². The van der Waals surface area contributed by atoms with Gasteiger partial charge in [0, 0.05) is 99.3 Å². The Morgan fingerprint density at radius 1 is 0.738 bits per heavy atom. The summed E-state index contributed by atoms with van der Waals surface area (Å²) in [7, 11) is 3.29. The van der Waals surface area contributed by atoms with Crippen LogP contribution < -0.4 is 26.6 Å². The fourth-order valence-electron chi connectivity index (χ4n) is 7.24. The minimum atomic E-state index is -0.579. The molecule has 0 spiro atoms. The fourth-order valence-corrected chi connectivity index (χ4v) is 11.9. The Kier molecular flexibility index (Phi) is 16.6. The lowest BCUT2D eigenvalue weighted by Crippen LogP contribution is -2.39. The number of fused-ring (bicyclic) bond motifs is 4. The lowest BCUT2D eigenvalue weighted by molar-refractivity contribution is -0.116. The van der Waals surface area contributed by atoms with Crippen LogP contribution >= 0.6 is 45.3 Å². The number of thiophene rings is 2. The van der Waals surface area contributed by atoms with Crippen molar-refractivity contribution < 1.29 is 37.4 Å². The third-order valence-corrected chi connectivity index (χ3v) is 14.7. The molecule has 2 aliphatic heterocycles. The summed E-state index contributed by atoms with van der Waals surface area (Å²) in [6.45, 7) is 11.8. The van der Waals surface area contributed by atoms with E-state index in [4.69, 9.17) is 19.2 Å². The lowest BCUT2D eigenvalue weighted by atomic mass is 10.0. The largest absolute Gasteiger partial charge is 0.444 e. The zero-order valence-electron chi connectivity index (χ0n) is 37.0. The van der Waals surface area contributed by atoms with Crippen molar-refractivity contribution >= 4 is 93.7 Å². The van der Waals surface area contributed by atoms with Crippen LogP contribution in [0, 0.1) is 11.6 Å². The number of amides is 3. The highest BCUT2D eigenvalue weighted by Gasteiger charge is 2.32. The third kappa shape index (κ3) is 12.7. The van der Waals surface area contributed by atoms with Crippen LogP contribution in [0.5, 0.6) is 0 Å². The summed E-state index contributed by atoms with van der Waals surface area (Å²) in [4.78, 5) is 51.2. The second kappa shape index (κ2) is 22.3. The number of aromatic nitrogens is 2. The van der Waals surface area contributed by atoms with Gasteiger partial charge in [-0.15, -0.1) is 45.3 Å². The Bertz CT molecular complexity index is 2620. The zero-order chi connectivity index (χ0) is 46.1. The van der Waals surface area contributed by atoms with Gasteiger partial charge in [0.2, 0.25) is 11.8 Å². The van der Waals surface area contributed by atoms with Gasteiger partial charge in [0.1, 0.15) is 37.3 Å². The van der Waals surface area contributed by atoms with Crippen molar-refractivity contribution in [3.05, 3.63) is 68.9 Å². The topological polar surface area (TPSA) is 168 Å². The zero-order valence-corrected chi connectivity index (χ0v) is 40.3. The first kappa shape index (κ1) is 48.4. The van der Waals surface area contributed by atoms with E-state index in [2.05, 4.69) is 31.6 Å². The van der Waals surface area contributed by atoms with E-state index in [-0.39, 0.29) is 29.5 Å². The van der Waals surface area contributed by atoms with Gasteiger partial charge in [-0.25, -0.2) is 23.5 Å². The highest BCUT2D eigenvalue weighted by atomic mass is 32.1. The Labute approximate surface area is 392 Å². The van der Waals surface area contributed by atoms with Crippen LogP contribution in [0.1, 0.15) is 54.5 Å². The molecule has 0 saturated carbocycles. The minimum absolute atomic E-state index is 0.0325. The molecule has 3 amide bonds. The maximum absolute atomic E-state index is 13.8. The summed E-state index contributed by atoms with van der Waals surface area (Å²) in [6.07, 6.45) is 1.83. The normalized spacial score (nSPS) is 13.6. The maximum atomic E-state index is 13.8. The van der Waals surface area contributed by atoms with E-state index in [1.807, 2.05) is 20.8 Å². The number of benzene rings is 2. The molecular weight excluding hydrogens is 915 g/mol. The first-order valence-electron chi connectivity index (χ1n) is 21.4. The van der Waals surface area contributed by atoms with Crippen molar-refractivity contribution in [3.8, 4) is 21.1 Å². The molecule has 14 nitrogen and oxygen atoms in total. The molecule has 0 aliphatic carbocycles. The second-order valence-corrected chi connectivity index (χ2v) is 20.6. The van der Waals surface area contributed by atoms with Gasteiger partial charge >= 0.3 is 6.09 Å². The van der Waals surface area contributed by atoms with E-state index in [0.717, 1.165) is 72.0 Å². The number of nitrogens with zero attached hydrogens (tertiary/aromatic N) is 3. The Balaban J connectivity index is 0.000000198. The molecular formula is C45H54F2N8O6S4. The third-order valence-electron chi connectivity index (χ3n) is 10.3. The molecule has 0 bridgehead atoms. The number of nitrogens with one attached hydrogen (secondary N) is 5.